The van der Waals surface area contributed by atoms with E-state index in [2.05, 4.69) is 20.4 Å². The molecule has 50 heavy (non-hydrogen) atoms. The minimum absolute atomic E-state index is 0.0614. The number of fused-ring (bicyclic) bond motifs is 3. The van der Waals surface area contributed by atoms with E-state index in [0.717, 1.165) is 24.2 Å². The standard InChI is InChI=1S/C40H45N3O7/c1-6-19-42-31-18-15-27(43-32-11-7-8-12-33(32)49-24-36(43)46)21-30(31)40(38(42)47)25(2)37(39(3,4)26-13-16-29(48-5)17-14-26)34(50-40)22-35(45)41-20-9-10-28(41)23-44/h6-8,11-18,21,25,28,34,37,44H,1,9-10,19-20,22-24H2,2-5H3/t25-,28-,34+,37-,40+/m0/s1. The van der Waals surface area contributed by atoms with E-state index in [0.29, 0.717) is 34.9 Å². The van der Waals surface area contributed by atoms with Gasteiger partial charge >= 0.3 is 0 Å². The number of carbonyl (C=O) groups excluding carboxylic acids is 3. The van der Waals surface area contributed by atoms with Crippen molar-refractivity contribution in [2.75, 3.05) is 43.2 Å². The predicted octanol–water partition coefficient (Wildman–Crippen LogP) is 5.48. The molecule has 0 radical (unpaired) electrons. The molecule has 4 aliphatic rings. The first kappa shape index (κ1) is 33.8. The summed E-state index contributed by atoms with van der Waals surface area (Å²) < 4.78 is 18.3. The van der Waals surface area contributed by atoms with Crippen LogP contribution in [0.3, 0.4) is 0 Å². The molecule has 0 unspecified atom stereocenters. The number of hydrogen-bond acceptors (Lipinski definition) is 7. The summed E-state index contributed by atoms with van der Waals surface area (Å²) in [6.07, 6.45) is 2.70. The molecule has 0 bridgehead atoms. The van der Waals surface area contributed by atoms with Crippen LogP contribution in [0.1, 0.15) is 51.2 Å². The number of benzene rings is 3. The first-order chi connectivity index (χ1) is 24.1. The molecule has 3 aromatic rings. The van der Waals surface area contributed by atoms with Crippen LogP contribution in [0.2, 0.25) is 0 Å². The Labute approximate surface area is 293 Å². The van der Waals surface area contributed by atoms with Gasteiger partial charge in [-0.3, -0.25) is 19.3 Å². The minimum Gasteiger partial charge on any atom is -0.497 e. The summed E-state index contributed by atoms with van der Waals surface area (Å²) in [4.78, 5) is 47.5. The van der Waals surface area contributed by atoms with Crippen LogP contribution in [0, 0.1) is 11.8 Å². The highest BCUT2D eigenvalue weighted by Gasteiger charge is 2.66. The molecule has 3 aromatic carbocycles. The molecular formula is C40H45N3O7. The van der Waals surface area contributed by atoms with Crippen molar-refractivity contribution in [2.45, 2.75) is 63.2 Å². The number of para-hydroxylation sites is 2. The third kappa shape index (κ3) is 5.19. The van der Waals surface area contributed by atoms with Crippen molar-refractivity contribution in [2.24, 2.45) is 11.8 Å². The van der Waals surface area contributed by atoms with Crippen molar-refractivity contribution in [3.8, 4) is 11.5 Å². The predicted molar refractivity (Wildman–Crippen MR) is 190 cm³/mol. The summed E-state index contributed by atoms with van der Waals surface area (Å²) >= 11 is 0. The molecule has 0 aromatic heterocycles. The Bertz CT molecular complexity index is 1820. The van der Waals surface area contributed by atoms with Gasteiger partial charge in [-0.2, -0.15) is 0 Å². The summed E-state index contributed by atoms with van der Waals surface area (Å²) in [6, 6.07) is 20.7. The molecule has 1 N–H and O–H groups in total. The lowest BCUT2D eigenvalue weighted by Gasteiger charge is -2.39. The third-order valence-corrected chi connectivity index (χ3v) is 11.4. The molecule has 4 aliphatic heterocycles. The van der Waals surface area contributed by atoms with Crippen molar-refractivity contribution in [3.63, 3.8) is 0 Å². The summed E-state index contributed by atoms with van der Waals surface area (Å²) in [5.41, 5.74) is 1.60. The average molecular weight is 680 g/mol. The monoisotopic (exact) mass is 679 g/mol. The third-order valence-electron chi connectivity index (χ3n) is 11.4. The van der Waals surface area contributed by atoms with Gasteiger partial charge in [-0.15, -0.1) is 6.58 Å². The van der Waals surface area contributed by atoms with E-state index in [1.165, 1.54) is 0 Å². The van der Waals surface area contributed by atoms with Gasteiger partial charge < -0.3 is 29.1 Å². The number of aliphatic hydroxyl groups is 1. The molecule has 0 saturated carbocycles. The van der Waals surface area contributed by atoms with Crippen LogP contribution in [0.15, 0.2) is 79.4 Å². The summed E-state index contributed by atoms with van der Waals surface area (Å²) in [5.74, 6) is 0.115. The second-order valence-corrected chi connectivity index (χ2v) is 14.3. The van der Waals surface area contributed by atoms with Crippen molar-refractivity contribution in [3.05, 3.63) is 90.5 Å². The number of anilines is 3. The highest BCUT2D eigenvalue weighted by molar-refractivity contribution is 6.10. The normalized spacial score (nSPS) is 25.9. The maximum atomic E-state index is 14.9. The van der Waals surface area contributed by atoms with Gasteiger partial charge in [0.05, 0.1) is 43.7 Å². The number of ether oxygens (including phenoxy) is 3. The highest BCUT2D eigenvalue weighted by Crippen LogP contribution is 2.60. The van der Waals surface area contributed by atoms with Gasteiger partial charge in [0.2, 0.25) is 5.91 Å². The average Bonchev–Trinajstić information content (AvgIpc) is 3.79. The highest BCUT2D eigenvalue weighted by atomic mass is 16.5. The molecule has 0 aliphatic carbocycles. The Morgan fingerprint density at radius 2 is 1.86 bits per heavy atom. The van der Waals surface area contributed by atoms with Gasteiger partial charge in [-0.1, -0.05) is 51.1 Å². The zero-order chi connectivity index (χ0) is 35.4. The second-order valence-electron chi connectivity index (χ2n) is 14.3. The number of methoxy groups -OCH3 is 1. The molecule has 3 amide bonds. The van der Waals surface area contributed by atoms with E-state index in [1.54, 1.807) is 27.9 Å². The molecule has 7 rings (SSSR count). The lowest BCUT2D eigenvalue weighted by molar-refractivity contribution is -0.150. The number of likely N-dealkylation sites (tertiary alicyclic amines) is 1. The van der Waals surface area contributed by atoms with E-state index in [9.17, 15) is 19.5 Å². The Morgan fingerprint density at radius 3 is 2.58 bits per heavy atom. The first-order valence-corrected chi connectivity index (χ1v) is 17.4. The maximum absolute atomic E-state index is 14.9. The van der Waals surface area contributed by atoms with Gasteiger partial charge in [0.15, 0.2) is 12.2 Å². The fourth-order valence-corrected chi connectivity index (χ4v) is 8.98. The van der Waals surface area contributed by atoms with Gasteiger partial charge in [0, 0.05) is 36.2 Å². The van der Waals surface area contributed by atoms with Gasteiger partial charge in [0.25, 0.3) is 11.8 Å². The first-order valence-electron chi connectivity index (χ1n) is 17.4. The van der Waals surface area contributed by atoms with Crippen LogP contribution in [0.4, 0.5) is 17.1 Å². The van der Waals surface area contributed by atoms with E-state index in [-0.39, 0.29) is 55.9 Å². The fraction of sp³-hybridized carbons (Fsp3) is 0.425. The molecule has 2 saturated heterocycles. The van der Waals surface area contributed by atoms with Crippen LogP contribution in [0.25, 0.3) is 0 Å². The van der Waals surface area contributed by atoms with Crippen LogP contribution >= 0.6 is 0 Å². The van der Waals surface area contributed by atoms with E-state index >= 15 is 0 Å². The quantitative estimate of drug-likeness (QED) is 0.299. The Hall–Kier alpha value is -4.67. The molecule has 5 atom stereocenters. The number of hydrogen-bond donors (Lipinski definition) is 1. The van der Waals surface area contributed by atoms with Crippen molar-refractivity contribution in [1.82, 2.24) is 4.90 Å². The Balaban J connectivity index is 1.36. The minimum atomic E-state index is -1.44. The molecule has 262 valence electrons. The van der Waals surface area contributed by atoms with Gasteiger partial charge in [0.1, 0.15) is 11.5 Å². The summed E-state index contributed by atoms with van der Waals surface area (Å²) in [7, 11) is 1.63. The smallest absolute Gasteiger partial charge is 0.269 e. The molecular weight excluding hydrogens is 634 g/mol. The largest absolute Gasteiger partial charge is 0.497 e. The zero-order valence-electron chi connectivity index (χ0n) is 29.1. The Kier molecular flexibility index (Phi) is 8.72. The van der Waals surface area contributed by atoms with E-state index in [4.69, 9.17) is 14.2 Å². The van der Waals surface area contributed by atoms with E-state index < -0.39 is 23.0 Å². The lowest BCUT2D eigenvalue weighted by Crippen LogP contribution is -2.46. The molecule has 10 heteroatoms. The van der Waals surface area contributed by atoms with Crippen molar-refractivity contribution < 1.29 is 33.7 Å². The van der Waals surface area contributed by atoms with E-state index in [1.807, 2.05) is 73.7 Å². The molecule has 2 fully saturated rings. The zero-order valence-corrected chi connectivity index (χ0v) is 29.1. The molecule has 1 spiro atoms. The maximum Gasteiger partial charge on any atom is 0.269 e. The van der Waals surface area contributed by atoms with Gasteiger partial charge in [-0.05, 0) is 66.3 Å². The topological polar surface area (TPSA) is 109 Å². The fourth-order valence-electron chi connectivity index (χ4n) is 8.98. The van der Waals surface area contributed by atoms with Gasteiger partial charge in [-0.25, -0.2) is 0 Å². The van der Waals surface area contributed by atoms with Crippen LogP contribution in [0.5, 0.6) is 11.5 Å². The lowest BCUT2D eigenvalue weighted by atomic mass is 9.63. The molecule has 4 heterocycles. The number of aliphatic hydroxyl groups excluding tert-OH is 1. The summed E-state index contributed by atoms with van der Waals surface area (Å²) in [6.45, 7) is 10.9. The van der Waals surface area contributed by atoms with Crippen LogP contribution < -0.4 is 19.3 Å². The van der Waals surface area contributed by atoms with Crippen molar-refractivity contribution in [1.29, 1.82) is 0 Å². The Morgan fingerprint density at radius 1 is 1.10 bits per heavy atom. The second kappa shape index (κ2) is 12.9. The summed E-state index contributed by atoms with van der Waals surface area (Å²) in [5, 5.41) is 10.0. The number of nitrogens with zero attached hydrogens (tertiary/aromatic N) is 3. The van der Waals surface area contributed by atoms with Crippen LogP contribution in [-0.2, 0) is 30.1 Å². The number of carbonyl (C=O) groups is 3. The van der Waals surface area contributed by atoms with Crippen molar-refractivity contribution >= 4 is 34.8 Å². The number of amides is 3. The SMILES string of the molecule is C=CCN1C(=O)[C@]2(O[C@H](CC(=O)N3CCC[C@H]3CO)[C@@H](C(C)(C)c3ccc(OC)cc3)[C@@H]2C)c2cc(N3C(=O)COc4ccccc43)ccc21. The molecule has 10 nitrogen and oxygen atoms in total. The number of rotatable bonds is 9. The van der Waals surface area contributed by atoms with Crippen LogP contribution in [-0.4, -0.2) is 73.3 Å².